The predicted molar refractivity (Wildman–Crippen MR) is 55.3 cm³/mol. The van der Waals surface area contributed by atoms with Crippen LogP contribution in [0.15, 0.2) is 0 Å². The fourth-order valence-electron chi connectivity index (χ4n) is 2.89. The van der Waals surface area contributed by atoms with Crippen molar-refractivity contribution in [3.05, 3.63) is 0 Å². The van der Waals surface area contributed by atoms with Crippen LogP contribution < -0.4 is 0 Å². The summed E-state index contributed by atoms with van der Waals surface area (Å²) >= 11 is 0. The number of piperidine rings is 2. The molecular weight excluding hydrogens is 194 g/mol. The average molecular weight is 213 g/mol. The molecule has 0 bridgehead atoms. The standard InChI is InChI=1S/C11H19NO3/c1-15-11(14)10-8-4-2-3-6-12(8)7-5-9(10)13/h8-10,13H,2-7H2,1H3. The van der Waals surface area contributed by atoms with Gasteiger partial charge in [0, 0.05) is 12.6 Å². The normalized spacial score (nSPS) is 37.1. The molecule has 3 unspecified atom stereocenters. The van der Waals surface area contributed by atoms with Crippen LogP contribution in [-0.4, -0.2) is 48.3 Å². The highest BCUT2D eigenvalue weighted by molar-refractivity contribution is 5.74. The van der Waals surface area contributed by atoms with E-state index in [1.165, 1.54) is 13.5 Å². The number of hydrogen-bond donors (Lipinski definition) is 1. The SMILES string of the molecule is COC(=O)C1C(O)CCN2CCCCC12. The van der Waals surface area contributed by atoms with E-state index in [4.69, 9.17) is 4.74 Å². The van der Waals surface area contributed by atoms with Crippen molar-refractivity contribution in [1.29, 1.82) is 0 Å². The Morgan fingerprint density at radius 3 is 2.87 bits per heavy atom. The molecule has 0 aromatic carbocycles. The fourth-order valence-corrected chi connectivity index (χ4v) is 2.89. The quantitative estimate of drug-likeness (QED) is 0.640. The van der Waals surface area contributed by atoms with Gasteiger partial charge in [0.25, 0.3) is 0 Å². The summed E-state index contributed by atoms with van der Waals surface area (Å²) in [6.07, 6.45) is 3.55. The summed E-state index contributed by atoms with van der Waals surface area (Å²) in [6, 6.07) is 0.204. The molecule has 2 fully saturated rings. The minimum absolute atomic E-state index is 0.204. The van der Waals surface area contributed by atoms with Crippen LogP contribution in [0.5, 0.6) is 0 Å². The van der Waals surface area contributed by atoms with Crippen molar-refractivity contribution in [2.24, 2.45) is 5.92 Å². The van der Waals surface area contributed by atoms with E-state index in [1.54, 1.807) is 0 Å². The van der Waals surface area contributed by atoms with E-state index in [9.17, 15) is 9.90 Å². The molecule has 15 heavy (non-hydrogen) atoms. The van der Waals surface area contributed by atoms with E-state index < -0.39 is 6.10 Å². The molecule has 0 aromatic rings. The van der Waals surface area contributed by atoms with Crippen LogP contribution in [0, 0.1) is 5.92 Å². The van der Waals surface area contributed by atoms with Crippen molar-refractivity contribution in [2.45, 2.75) is 37.8 Å². The number of fused-ring (bicyclic) bond motifs is 1. The zero-order chi connectivity index (χ0) is 10.8. The van der Waals surface area contributed by atoms with Crippen molar-refractivity contribution < 1.29 is 14.6 Å². The first-order valence-electron chi connectivity index (χ1n) is 5.74. The van der Waals surface area contributed by atoms with Crippen LogP contribution in [0.3, 0.4) is 0 Å². The summed E-state index contributed by atoms with van der Waals surface area (Å²) < 4.78 is 4.78. The maximum Gasteiger partial charge on any atom is 0.312 e. The number of methoxy groups -OCH3 is 1. The summed E-state index contributed by atoms with van der Waals surface area (Å²) in [5.41, 5.74) is 0. The minimum Gasteiger partial charge on any atom is -0.469 e. The van der Waals surface area contributed by atoms with Crippen LogP contribution in [0.1, 0.15) is 25.7 Å². The largest absolute Gasteiger partial charge is 0.469 e. The molecule has 0 saturated carbocycles. The van der Waals surface area contributed by atoms with E-state index in [0.717, 1.165) is 25.9 Å². The highest BCUT2D eigenvalue weighted by atomic mass is 16.5. The topological polar surface area (TPSA) is 49.8 Å². The molecule has 2 saturated heterocycles. The molecule has 2 rings (SSSR count). The van der Waals surface area contributed by atoms with Gasteiger partial charge in [-0.2, -0.15) is 0 Å². The number of nitrogens with zero attached hydrogens (tertiary/aromatic N) is 1. The van der Waals surface area contributed by atoms with E-state index in [2.05, 4.69) is 4.90 Å². The smallest absolute Gasteiger partial charge is 0.312 e. The van der Waals surface area contributed by atoms with Crippen LogP contribution >= 0.6 is 0 Å². The van der Waals surface area contributed by atoms with Crippen LogP contribution in [0.4, 0.5) is 0 Å². The molecule has 1 N–H and O–H groups in total. The Kier molecular flexibility index (Phi) is 3.26. The lowest BCUT2D eigenvalue weighted by Crippen LogP contribution is -2.55. The summed E-state index contributed by atoms with van der Waals surface area (Å²) in [7, 11) is 1.40. The number of esters is 1. The zero-order valence-corrected chi connectivity index (χ0v) is 9.19. The number of rotatable bonds is 1. The number of carbonyl (C=O) groups excluding carboxylic acids is 1. The Labute approximate surface area is 90.2 Å². The maximum atomic E-state index is 11.6. The Morgan fingerprint density at radius 1 is 1.33 bits per heavy atom. The van der Waals surface area contributed by atoms with Crippen LogP contribution in [-0.2, 0) is 9.53 Å². The number of ether oxygens (including phenoxy) is 1. The molecule has 3 atom stereocenters. The van der Waals surface area contributed by atoms with E-state index in [1.807, 2.05) is 0 Å². The molecular formula is C11H19NO3. The fraction of sp³-hybridized carbons (Fsp3) is 0.909. The van der Waals surface area contributed by atoms with E-state index in [0.29, 0.717) is 6.42 Å². The third-order valence-electron chi connectivity index (χ3n) is 3.68. The van der Waals surface area contributed by atoms with Crippen molar-refractivity contribution in [3.63, 3.8) is 0 Å². The molecule has 0 spiro atoms. The van der Waals surface area contributed by atoms with Gasteiger partial charge in [0.1, 0.15) is 0 Å². The molecule has 2 aliphatic rings. The van der Waals surface area contributed by atoms with Crippen LogP contribution in [0.25, 0.3) is 0 Å². The second-order valence-electron chi connectivity index (χ2n) is 4.50. The maximum absolute atomic E-state index is 11.6. The molecule has 2 heterocycles. The van der Waals surface area contributed by atoms with Crippen molar-refractivity contribution in [3.8, 4) is 0 Å². The van der Waals surface area contributed by atoms with E-state index in [-0.39, 0.29) is 17.9 Å². The molecule has 2 aliphatic heterocycles. The average Bonchev–Trinajstić information content (AvgIpc) is 2.28. The molecule has 4 heteroatoms. The predicted octanol–water partition coefficient (Wildman–Crippen LogP) is 0.395. The highest BCUT2D eigenvalue weighted by Crippen LogP contribution is 2.31. The summed E-state index contributed by atoms with van der Waals surface area (Å²) in [5, 5.41) is 9.88. The van der Waals surface area contributed by atoms with Gasteiger partial charge < -0.3 is 9.84 Å². The van der Waals surface area contributed by atoms with Gasteiger partial charge in [-0.15, -0.1) is 0 Å². The minimum atomic E-state index is -0.517. The first-order valence-corrected chi connectivity index (χ1v) is 5.74. The summed E-state index contributed by atoms with van der Waals surface area (Å²) in [5.74, 6) is -0.580. The van der Waals surface area contributed by atoms with Crippen molar-refractivity contribution in [1.82, 2.24) is 4.90 Å². The summed E-state index contributed by atoms with van der Waals surface area (Å²) in [4.78, 5) is 14.0. The summed E-state index contributed by atoms with van der Waals surface area (Å²) in [6.45, 7) is 1.98. The molecule has 4 nitrogen and oxygen atoms in total. The number of aliphatic hydroxyl groups is 1. The molecule has 0 aliphatic carbocycles. The second kappa shape index (κ2) is 4.49. The number of aliphatic hydroxyl groups excluding tert-OH is 1. The highest BCUT2D eigenvalue weighted by Gasteiger charge is 2.42. The van der Waals surface area contributed by atoms with Crippen molar-refractivity contribution >= 4 is 5.97 Å². The van der Waals surface area contributed by atoms with Gasteiger partial charge in [0.2, 0.25) is 0 Å². The lowest BCUT2D eigenvalue weighted by atomic mass is 9.81. The monoisotopic (exact) mass is 213 g/mol. The number of carbonyl (C=O) groups is 1. The lowest BCUT2D eigenvalue weighted by molar-refractivity contribution is -0.157. The second-order valence-corrected chi connectivity index (χ2v) is 4.50. The van der Waals surface area contributed by atoms with Gasteiger partial charge in [-0.3, -0.25) is 9.69 Å². The van der Waals surface area contributed by atoms with Gasteiger partial charge in [0.15, 0.2) is 0 Å². The molecule has 0 aromatic heterocycles. The molecule has 86 valence electrons. The van der Waals surface area contributed by atoms with Gasteiger partial charge in [-0.05, 0) is 25.8 Å². The first-order chi connectivity index (χ1) is 7.24. The Hall–Kier alpha value is -0.610. The van der Waals surface area contributed by atoms with Crippen molar-refractivity contribution in [2.75, 3.05) is 20.2 Å². The third kappa shape index (κ3) is 2.01. The number of hydrogen-bond acceptors (Lipinski definition) is 4. The first kappa shape index (κ1) is 10.9. The van der Waals surface area contributed by atoms with E-state index >= 15 is 0 Å². The molecule has 0 radical (unpaired) electrons. The van der Waals surface area contributed by atoms with Gasteiger partial charge in [0.05, 0.1) is 19.1 Å². The Bertz CT molecular complexity index is 244. The third-order valence-corrected chi connectivity index (χ3v) is 3.68. The Balaban J connectivity index is 2.12. The van der Waals surface area contributed by atoms with Gasteiger partial charge >= 0.3 is 5.97 Å². The van der Waals surface area contributed by atoms with Crippen LogP contribution in [0.2, 0.25) is 0 Å². The van der Waals surface area contributed by atoms with Gasteiger partial charge in [-0.1, -0.05) is 6.42 Å². The zero-order valence-electron chi connectivity index (χ0n) is 9.19. The Morgan fingerprint density at radius 2 is 2.13 bits per heavy atom. The van der Waals surface area contributed by atoms with Gasteiger partial charge in [-0.25, -0.2) is 0 Å². The lowest BCUT2D eigenvalue weighted by Gasteiger charge is -2.45. The molecule has 0 amide bonds.